The molecule has 0 fully saturated rings. The van der Waals surface area contributed by atoms with Crippen LogP contribution < -0.4 is 16.0 Å². The van der Waals surface area contributed by atoms with E-state index in [2.05, 4.69) is 20.9 Å². The number of aliphatic imine (C=N–C) groups is 1. The van der Waals surface area contributed by atoms with E-state index in [1.54, 1.807) is 18.2 Å². The normalized spacial score (nSPS) is 11.0. The predicted molar refractivity (Wildman–Crippen MR) is 99.7 cm³/mol. The van der Waals surface area contributed by atoms with Crippen LogP contribution in [0.5, 0.6) is 5.75 Å². The van der Waals surface area contributed by atoms with Crippen molar-refractivity contribution in [3.8, 4) is 5.75 Å². The predicted octanol–water partition coefficient (Wildman–Crippen LogP) is 1.88. The fourth-order valence-corrected chi connectivity index (χ4v) is 2.21. The Kier molecular flexibility index (Phi) is 7.31. The van der Waals surface area contributed by atoms with E-state index >= 15 is 0 Å². The molecular weight excluding hydrogens is 316 g/mol. The van der Waals surface area contributed by atoms with Gasteiger partial charge < -0.3 is 21.1 Å². The second kappa shape index (κ2) is 9.97. The lowest BCUT2D eigenvalue weighted by Gasteiger charge is -2.12. The zero-order valence-electron chi connectivity index (χ0n) is 14.3. The second-order valence-corrected chi connectivity index (χ2v) is 5.38. The van der Waals surface area contributed by atoms with Gasteiger partial charge in [-0.05, 0) is 24.6 Å². The molecule has 2 rings (SSSR count). The second-order valence-electron chi connectivity index (χ2n) is 5.38. The van der Waals surface area contributed by atoms with E-state index in [0.29, 0.717) is 25.6 Å². The summed E-state index contributed by atoms with van der Waals surface area (Å²) in [5.74, 6) is 0.375. The quantitative estimate of drug-likeness (QED) is 0.352. The number of carbonyl (C=O) groups excluding carboxylic acids is 1. The Labute approximate surface area is 148 Å². The average molecular weight is 340 g/mol. The molecule has 0 atom stereocenters. The molecule has 0 aliphatic carbocycles. The van der Waals surface area contributed by atoms with Gasteiger partial charge in [0.25, 0.3) is 5.91 Å². The first-order valence-corrected chi connectivity index (χ1v) is 8.33. The fraction of sp³-hybridized carbons (Fsp3) is 0.263. The maximum absolute atomic E-state index is 12.0. The number of rotatable bonds is 7. The van der Waals surface area contributed by atoms with E-state index in [-0.39, 0.29) is 17.2 Å². The molecule has 6 nitrogen and oxygen atoms in total. The number of hydrogen-bond acceptors (Lipinski definition) is 3. The number of carbonyl (C=O) groups is 1. The minimum atomic E-state index is -0.300. The van der Waals surface area contributed by atoms with Gasteiger partial charge in [0.15, 0.2) is 5.96 Å². The molecule has 0 saturated carbocycles. The number of hydrogen-bond donors (Lipinski definition) is 4. The molecule has 0 unspecified atom stereocenters. The summed E-state index contributed by atoms with van der Waals surface area (Å²) >= 11 is 0. The van der Waals surface area contributed by atoms with Crippen LogP contribution in [0.25, 0.3) is 0 Å². The number of para-hydroxylation sites is 1. The summed E-state index contributed by atoms with van der Waals surface area (Å²) in [5, 5.41) is 18.8. The van der Waals surface area contributed by atoms with Crippen LogP contribution >= 0.6 is 0 Å². The van der Waals surface area contributed by atoms with Crippen molar-refractivity contribution in [3.63, 3.8) is 0 Å². The highest BCUT2D eigenvalue weighted by Crippen LogP contribution is 2.14. The van der Waals surface area contributed by atoms with Crippen molar-refractivity contribution in [1.29, 1.82) is 0 Å². The minimum Gasteiger partial charge on any atom is -0.507 e. The number of guanidine groups is 1. The molecule has 0 aliphatic rings. The fourth-order valence-electron chi connectivity index (χ4n) is 2.21. The Morgan fingerprint density at radius 1 is 0.960 bits per heavy atom. The molecule has 2 aromatic rings. The van der Waals surface area contributed by atoms with Gasteiger partial charge in [-0.2, -0.15) is 0 Å². The van der Waals surface area contributed by atoms with Gasteiger partial charge in [0, 0.05) is 19.6 Å². The molecule has 132 valence electrons. The van der Waals surface area contributed by atoms with Crippen LogP contribution in [0.1, 0.15) is 22.8 Å². The van der Waals surface area contributed by atoms with Crippen molar-refractivity contribution < 1.29 is 9.90 Å². The third kappa shape index (κ3) is 6.18. The Bertz CT molecular complexity index is 702. The number of nitrogens with one attached hydrogen (secondary N) is 3. The first-order valence-electron chi connectivity index (χ1n) is 8.33. The molecule has 0 aliphatic heterocycles. The minimum absolute atomic E-state index is 0.0225. The van der Waals surface area contributed by atoms with Crippen molar-refractivity contribution in [3.05, 3.63) is 65.7 Å². The average Bonchev–Trinajstić information content (AvgIpc) is 2.64. The standard InChI is InChI=1S/C19H24N4O2/c1-2-20-19(23-14-15-8-4-3-5-9-15)22-13-12-21-18(25)16-10-6-7-11-17(16)24/h3-11,24H,2,12-14H2,1H3,(H,21,25)(H2,20,22,23). The van der Waals surface area contributed by atoms with Crippen LogP contribution in [-0.2, 0) is 6.54 Å². The first-order chi connectivity index (χ1) is 12.2. The molecule has 6 heteroatoms. The van der Waals surface area contributed by atoms with Crippen LogP contribution in [0.2, 0.25) is 0 Å². The zero-order chi connectivity index (χ0) is 17.9. The molecule has 0 bridgehead atoms. The summed E-state index contributed by atoms with van der Waals surface area (Å²) < 4.78 is 0. The lowest BCUT2D eigenvalue weighted by molar-refractivity contribution is 0.0951. The van der Waals surface area contributed by atoms with Gasteiger partial charge in [0.1, 0.15) is 5.75 Å². The molecule has 1 amide bonds. The van der Waals surface area contributed by atoms with Crippen molar-refractivity contribution in [1.82, 2.24) is 16.0 Å². The van der Waals surface area contributed by atoms with Crippen LogP contribution in [0.15, 0.2) is 59.6 Å². The van der Waals surface area contributed by atoms with E-state index in [1.165, 1.54) is 6.07 Å². The summed E-state index contributed by atoms with van der Waals surface area (Å²) in [5.41, 5.74) is 1.40. The molecule has 0 heterocycles. The molecule has 0 spiro atoms. The van der Waals surface area contributed by atoms with Gasteiger partial charge in [0.2, 0.25) is 0 Å². The molecular formula is C19H24N4O2. The molecule has 4 N–H and O–H groups in total. The lowest BCUT2D eigenvalue weighted by atomic mass is 10.2. The monoisotopic (exact) mass is 340 g/mol. The summed E-state index contributed by atoms with van der Waals surface area (Å²) in [6.07, 6.45) is 0. The summed E-state index contributed by atoms with van der Waals surface area (Å²) in [7, 11) is 0. The van der Waals surface area contributed by atoms with Crippen LogP contribution in [0.3, 0.4) is 0 Å². The zero-order valence-corrected chi connectivity index (χ0v) is 14.3. The number of aromatic hydroxyl groups is 1. The summed E-state index contributed by atoms with van der Waals surface area (Å²) in [4.78, 5) is 16.5. The van der Waals surface area contributed by atoms with E-state index in [9.17, 15) is 9.90 Å². The van der Waals surface area contributed by atoms with Crippen molar-refractivity contribution >= 4 is 11.9 Å². The van der Waals surface area contributed by atoms with Gasteiger partial charge in [-0.25, -0.2) is 4.99 Å². The molecule has 0 aromatic heterocycles. The van der Waals surface area contributed by atoms with Crippen LogP contribution in [-0.4, -0.2) is 36.6 Å². The SMILES string of the molecule is CCNC(=NCc1ccccc1)NCCNC(=O)c1ccccc1O. The Morgan fingerprint density at radius 2 is 1.64 bits per heavy atom. The maximum Gasteiger partial charge on any atom is 0.255 e. The van der Waals surface area contributed by atoms with Crippen molar-refractivity contribution in [2.75, 3.05) is 19.6 Å². The van der Waals surface area contributed by atoms with Gasteiger partial charge >= 0.3 is 0 Å². The van der Waals surface area contributed by atoms with Crippen molar-refractivity contribution in [2.24, 2.45) is 4.99 Å². The highest BCUT2D eigenvalue weighted by molar-refractivity contribution is 5.96. The van der Waals surface area contributed by atoms with Crippen LogP contribution in [0.4, 0.5) is 0 Å². The van der Waals surface area contributed by atoms with Gasteiger partial charge in [0.05, 0.1) is 12.1 Å². The van der Waals surface area contributed by atoms with E-state index in [4.69, 9.17) is 0 Å². The third-order valence-electron chi connectivity index (χ3n) is 3.46. The smallest absolute Gasteiger partial charge is 0.255 e. The third-order valence-corrected chi connectivity index (χ3v) is 3.46. The molecule has 2 aromatic carbocycles. The Morgan fingerprint density at radius 3 is 2.36 bits per heavy atom. The largest absolute Gasteiger partial charge is 0.507 e. The Hall–Kier alpha value is -3.02. The number of phenolic OH excluding ortho intramolecular Hbond substituents is 1. The van der Waals surface area contributed by atoms with E-state index < -0.39 is 0 Å². The van der Waals surface area contributed by atoms with Gasteiger partial charge in [-0.15, -0.1) is 0 Å². The molecule has 0 radical (unpaired) electrons. The maximum atomic E-state index is 12.0. The summed E-state index contributed by atoms with van der Waals surface area (Å²) in [6, 6.07) is 16.5. The topological polar surface area (TPSA) is 85.8 Å². The molecule has 25 heavy (non-hydrogen) atoms. The number of nitrogens with zero attached hydrogens (tertiary/aromatic N) is 1. The molecule has 0 saturated heterocycles. The first kappa shape index (κ1) is 18.3. The number of phenols is 1. The highest BCUT2D eigenvalue weighted by atomic mass is 16.3. The number of amides is 1. The van der Waals surface area contributed by atoms with E-state index in [0.717, 1.165) is 12.1 Å². The highest BCUT2D eigenvalue weighted by Gasteiger charge is 2.09. The van der Waals surface area contributed by atoms with Crippen molar-refractivity contribution in [2.45, 2.75) is 13.5 Å². The van der Waals surface area contributed by atoms with Gasteiger partial charge in [-0.3, -0.25) is 4.79 Å². The lowest BCUT2D eigenvalue weighted by Crippen LogP contribution is -2.41. The van der Waals surface area contributed by atoms with Crippen LogP contribution in [0, 0.1) is 0 Å². The number of benzene rings is 2. The summed E-state index contributed by atoms with van der Waals surface area (Å²) in [6.45, 7) is 4.29. The van der Waals surface area contributed by atoms with E-state index in [1.807, 2.05) is 37.3 Å². The van der Waals surface area contributed by atoms with Gasteiger partial charge in [-0.1, -0.05) is 42.5 Å². The Balaban J connectivity index is 1.79.